The molecule has 2 aromatic heterocycles. The van der Waals surface area contributed by atoms with E-state index < -0.39 is 0 Å². The fraction of sp³-hybridized carbons (Fsp3) is 0.312. The van der Waals surface area contributed by atoms with Gasteiger partial charge in [0, 0.05) is 10.6 Å². The summed E-state index contributed by atoms with van der Waals surface area (Å²) in [6.45, 7) is 3.35. The molecular formula is C16H17Cl2N5O. The number of tetrazole rings is 1. The van der Waals surface area contributed by atoms with Crippen molar-refractivity contribution in [2.24, 2.45) is 0 Å². The number of halogens is 2. The third kappa shape index (κ3) is 4.07. The van der Waals surface area contributed by atoms with Crippen LogP contribution in [0.3, 0.4) is 0 Å². The Morgan fingerprint density at radius 2 is 2.08 bits per heavy atom. The third-order valence-corrected chi connectivity index (χ3v) is 3.99. The van der Waals surface area contributed by atoms with Crippen molar-refractivity contribution in [3.8, 4) is 11.3 Å². The molecule has 0 bridgehead atoms. The van der Waals surface area contributed by atoms with Gasteiger partial charge >= 0.3 is 0 Å². The quantitative estimate of drug-likeness (QED) is 0.659. The molecular weight excluding hydrogens is 349 g/mol. The van der Waals surface area contributed by atoms with Crippen LogP contribution in [-0.2, 0) is 13.1 Å². The van der Waals surface area contributed by atoms with Crippen molar-refractivity contribution >= 4 is 29.2 Å². The average molecular weight is 366 g/mol. The van der Waals surface area contributed by atoms with E-state index in [1.807, 2.05) is 18.2 Å². The minimum absolute atomic E-state index is 0.463. The Labute approximate surface area is 149 Å². The molecule has 0 aliphatic heterocycles. The molecule has 0 atom stereocenters. The summed E-state index contributed by atoms with van der Waals surface area (Å²) in [5.41, 5.74) is 0.802. The molecule has 0 spiro atoms. The van der Waals surface area contributed by atoms with Crippen LogP contribution in [0.25, 0.3) is 11.3 Å². The van der Waals surface area contributed by atoms with Crippen molar-refractivity contribution in [2.75, 3.05) is 5.32 Å². The molecule has 0 aliphatic rings. The zero-order valence-electron chi connectivity index (χ0n) is 13.2. The second-order valence-electron chi connectivity index (χ2n) is 5.31. The van der Waals surface area contributed by atoms with Gasteiger partial charge in [-0.2, -0.15) is 4.80 Å². The Morgan fingerprint density at radius 3 is 2.88 bits per heavy atom. The van der Waals surface area contributed by atoms with Gasteiger partial charge in [-0.1, -0.05) is 41.6 Å². The van der Waals surface area contributed by atoms with E-state index in [9.17, 15) is 0 Å². The van der Waals surface area contributed by atoms with E-state index in [1.165, 1.54) is 0 Å². The van der Waals surface area contributed by atoms with Crippen LogP contribution in [0.15, 0.2) is 34.7 Å². The van der Waals surface area contributed by atoms with Crippen LogP contribution >= 0.6 is 23.2 Å². The predicted octanol–water partition coefficient (Wildman–Crippen LogP) is 4.65. The molecule has 8 heteroatoms. The van der Waals surface area contributed by atoms with Gasteiger partial charge in [-0.15, -0.1) is 5.10 Å². The van der Waals surface area contributed by atoms with Crippen LogP contribution in [0.4, 0.5) is 5.95 Å². The first kappa shape index (κ1) is 16.8. The summed E-state index contributed by atoms with van der Waals surface area (Å²) in [7, 11) is 0. The second kappa shape index (κ2) is 7.68. The first-order valence-corrected chi connectivity index (χ1v) is 8.47. The third-order valence-electron chi connectivity index (χ3n) is 3.44. The zero-order valence-corrected chi connectivity index (χ0v) is 14.7. The molecule has 0 fully saturated rings. The number of furan rings is 1. The Kier molecular flexibility index (Phi) is 5.37. The highest BCUT2D eigenvalue weighted by atomic mass is 35.5. The Balaban J connectivity index is 1.63. The standard InChI is InChI=1S/C16H17Cl2N5O/c1-2-3-8-23-21-16(20-22-23)19-10-12-5-7-15(24-12)13-6-4-11(17)9-14(13)18/h4-7,9H,2-3,8,10H2,1H3,(H,19,21). The van der Waals surface area contributed by atoms with Crippen LogP contribution in [0, 0.1) is 0 Å². The van der Waals surface area contributed by atoms with Crippen molar-refractivity contribution in [1.82, 2.24) is 20.2 Å². The van der Waals surface area contributed by atoms with E-state index in [0.717, 1.165) is 30.7 Å². The van der Waals surface area contributed by atoms with E-state index in [4.69, 9.17) is 27.6 Å². The minimum Gasteiger partial charge on any atom is -0.459 e. The van der Waals surface area contributed by atoms with Crippen molar-refractivity contribution in [3.05, 3.63) is 46.1 Å². The van der Waals surface area contributed by atoms with Gasteiger partial charge in [-0.05, 0) is 42.0 Å². The molecule has 2 heterocycles. The maximum Gasteiger partial charge on any atom is 0.263 e. The molecule has 1 N–H and O–H groups in total. The summed E-state index contributed by atoms with van der Waals surface area (Å²) < 4.78 is 5.81. The highest BCUT2D eigenvalue weighted by molar-refractivity contribution is 6.36. The summed E-state index contributed by atoms with van der Waals surface area (Å²) in [6, 6.07) is 9.06. The number of hydrogen-bond donors (Lipinski definition) is 1. The summed E-state index contributed by atoms with van der Waals surface area (Å²) in [5, 5.41) is 16.5. The van der Waals surface area contributed by atoms with Gasteiger partial charge in [0.15, 0.2) is 0 Å². The van der Waals surface area contributed by atoms with E-state index in [-0.39, 0.29) is 0 Å². The molecule has 3 rings (SSSR count). The highest BCUT2D eigenvalue weighted by Gasteiger charge is 2.10. The first-order chi connectivity index (χ1) is 11.7. The number of aromatic nitrogens is 4. The molecule has 1 aromatic carbocycles. The van der Waals surface area contributed by atoms with Gasteiger partial charge in [-0.25, -0.2) is 0 Å². The fourth-order valence-corrected chi connectivity index (χ4v) is 2.68. The van der Waals surface area contributed by atoms with Crippen molar-refractivity contribution < 1.29 is 4.42 Å². The fourth-order valence-electron chi connectivity index (χ4n) is 2.18. The monoisotopic (exact) mass is 365 g/mol. The van der Waals surface area contributed by atoms with Crippen molar-refractivity contribution in [2.45, 2.75) is 32.9 Å². The van der Waals surface area contributed by atoms with Crippen molar-refractivity contribution in [3.63, 3.8) is 0 Å². The van der Waals surface area contributed by atoms with Gasteiger partial charge in [0.05, 0.1) is 18.1 Å². The van der Waals surface area contributed by atoms with Gasteiger partial charge in [0.1, 0.15) is 11.5 Å². The minimum atomic E-state index is 0.463. The van der Waals surface area contributed by atoms with Crippen LogP contribution < -0.4 is 5.32 Å². The number of nitrogens with zero attached hydrogens (tertiary/aromatic N) is 4. The Bertz CT molecular complexity index is 814. The van der Waals surface area contributed by atoms with Gasteiger partial charge in [-0.3, -0.25) is 0 Å². The lowest BCUT2D eigenvalue weighted by Gasteiger charge is -2.02. The van der Waals surface area contributed by atoms with Crippen LogP contribution in [0.1, 0.15) is 25.5 Å². The van der Waals surface area contributed by atoms with Crippen LogP contribution in [-0.4, -0.2) is 20.2 Å². The summed E-state index contributed by atoms with van der Waals surface area (Å²) in [6.07, 6.45) is 2.12. The number of aryl methyl sites for hydroxylation is 1. The molecule has 0 aliphatic carbocycles. The molecule has 24 heavy (non-hydrogen) atoms. The lowest BCUT2D eigenvalue weighted by atomic mass is 10.2. The zero-order chi connectivity index (χ0) is 16.9. The number of hydrogen-bond acceptors (Lipinski definition) is 5. The largest absolute Gasteiger partial charge is 0.459 e. The Morgan fingerprint density at radius 1 is 1.21 bits per heavy atom. The van der Waals surface area contributed by atoms with E-state index in [0.29, 0.717) is 28.3 Å². The molecule has 0 amide bonds. The van der Waals surface area contributed by atoms with Gasteiger partial charge < -0.3 is 9.73 Å². The Hall–Kier alpha value is -2.05. The second-order valence-corrected chi connectivity index (χ2v) is 6.15. The SMILES string of the molecule is CCCCn1nnc(NCc2ccc(-c3ccc(Cl)cc3Cl)o2)n1. The summed E-state index contributed by atoms with van der Waals surface area (Å²) in [4.78, 5) is 1.59. The van der Waals surface area contributed by atoms with E-state index in [2.05, 4.69) is 27.7 Å². The van der Waals surface area contributed by atoms with E-state index >= 15 is 0 Å². The number of unbranched alkanes of at least 4 members (excludes halogenated alkanes) is 1. The van der Waals surface area contributed by atoms with Gasteiger partial charge in [0.25, 0.3) is 5.95 Å². The maximum absolute atomic E-state index is 6.20. The summed E-state index contributed by atoms with van der Waals surface area (Å²) in [5.74, 6) is 1.92. The van der Waals surface area contributed by atoms with Crippen LogP contribution in [0.2, 0.25) is 10.0 Å². The van der Waals surface area contributed by atoms with Gasteiger partial charge in [0.2, 0.25) is 0 Å². The molecule has 0 saturated heterocycles. The maximum atomic E-state index is 6.20. The molecule has 3 aromatic rings. The number of rotatable bonds is 7. The average Bonchev–Trinajstić information content (AvgIpc) is 3.20. The van der Waals surface area contributed by atoms with Crippen LogP contribution in [0.5, 0.6) is 0 Å². The summed E-state index contributed by atoms with van der Waals surface area (Å²) >= 11 is 12.1. The van der Waals surface area contributed by atoms with Crippen molar-refractivity contribution in [1.29, 1.82) is 0 Å². The number of nitrogens with one attached hydrogen (secondary N) is 1. The highest BCUT2D eigenvalue weighted by Crippen LogP contribution is 2.31. The topological polar surface area (TPSA) is 68.8 Å². The molecule has 0 radical (unpaired) electrons. The molecule has 0 saturated carbocycles. The predicted molar refractivity (Wildman–Crippen MR) is 94.2 cm³/mol. The smallest absolute Gasteiger partial charge is 0.263 e. The first-order valence-electron chi connectivity index (χ1n) is 7.71. The van der Waals surface area contributed by atoms with E-state index in [1.54, 1.807) is 16.9 Å². The molecule has 0 unspecified atom stereocenters. The normalized spacial score (nSPS) is 11.0. The lowest BCUT2D eigenvalue weighted by Crippen LogP contribution is -2.03. The lowest BCUT2D eigenvalue weighted by molar-refractivity contribution is 0.496. The number of anilines is 1. The molecule has 6 nitrogen and oxygen atoms in total. The molecule has 126 valence electrons. The number of benzene rings is 1.